The maximum Gasteiger partial charge on any atom is 0.416 e. The van der Waals surface area contributed by atoms with Crippen molar-refractivity contribution in [3.63, 3.8) is 0 Å². The zero-order valence-electron chi connectivity index (χ0n) is 16.9. The maximum absolute atomic E-state index is 13.0. The van der Waals surface area contributed by atoms with Crippen LogP contribution < -0.4 is 9.80 Å². The number of carbonyl (C=O) groups is 1. The SMILES string of the molecule is O=C(c1ccc(N2CCCCC2)cc1)N1CCN(c2cccc(C(F)(F)F)c2)CC1. The molecule has 0 saturated carbocycles. The Hall–Kier alpha value is -2.70. The molecule has 0 bridgehead atoms. The molecule has 0 N–H and O–H groups in total. The first kappa shape index (κ1) is 20.6. The summed E-state index contributed by atoms with van der Waals surface area (Å²) < 4.78 is 38.9. The Morgan fingerprint density at radius 2 is 1.37 bits per heavy atom. The molecule has 1 amide bonds. The monoisotopic (exact) mass is 417 g/mol. The molecule has 2 aromatic carbocycles. The predicted molar refractivity (Wildman–Crippen MR) is 112 cm³/mol. The highest BCUT2D eigenvalue weighted by Gasteiger charge is 2.31. The zero-order chi connectivity index (χ0) is 21.1. The molecular weight excluding hydrogens is 391 g/mol. The van der Waals surface area contributed by atoms with E-state index in [1.807, 2.05) is 29.2 Å². The van der Waals surface area contributed by atoms with Gasteiger partial charge in [-0.05, 0) is 61.7 Å². The van der Waals surface area contributed by atoms with Crippen molar-refractivity contribution in [1.29, 1.82) is 0 Å². The fourth-order valence-electron chi connectivity index (χ4n) is 4.20. The van der Waals surface area contributed by atoms with Crippen LogP contribution in [0.25, 0.3) is 0 Å². The number of benzene rings is 2. The van der Waals surface area contributed by atoms with Crippen LogP contribution in [0.4, 0.5) is 24.5 Å². The molecule has 2 aliphatic rings. The van der Waals surface area contributed by atoms with Crippen LogP contribution in [0, 0.1) is 0 Å². The Morgan fingerprint density at radius 3 is 2.00 bits per heavy atom. The lowest BCUT2D eigenvalue weighted by Crippen LogP contribution is -2.48. The van der Waals surface area contributed by atoms with Crippen molar-refractivity contribution in [2.24, 2.45) is 0 Å². The van der Waals surface area contributed by atoms with Gasteiger partial charge in [0, 0.05) is 56.2 Å². The first-order valence-corrected chi connectivity index (χ1v) is 10.5. The van der Waals surface area contributed by atoms with Crippen molar-refractivity contribution in [2.45, 2.75) is 25.4 Å². The average Bonchev–Trinajstić information content (AvgIpc) is 2.79. The Labute approximate surface area is 174 Å². The molecule has 0 radical (unpaired) electrons. The fourth-order valence-corrected chi connectivity index (χ4v) is 4.20. The minimum absolute atomic E-state index is 0.0242. The molecule has 0 aliphatic carbocycles. The van der Waals surface area contributed by atoms with Gasteiger partial charge < -0.3 is 14.7 Å². The number of alkyl halides is 3. The summed E-state index contributed by atoms with van der Waals surface area (Å²) in [4.78, 5) is 18.9. The van der Waals surface area contributed by atoms with E-state index in [0.717, 1.165) is 24.8 Å². The number of piperazine rings is 1. The number of hydrogen-bond donors (Lipinski definition) is 0. The van der Waals surface area contributed by atoms with Crippen LogP contribution in [0.1, 0.15) is 35.2 Å². The van der Waals surface area contributed by atoms with E-state index in [-0.39, 0.29) is 5.91 Å². The number of rotatable bonds is 3. The summed E-state index contributed by atoms with van der Waals surface area (Å²) in [6.07, 6.45) is -0.665. The second kappa shape index (κ2) is 8.58. The van der Waals surface area contributed by atoms with Crippen LogP contribution in [0.3, 0.4) is 0 Å². The number of halogens is 3. The Bertz CT molecular complexity index is 868. The lowest BCUT2D eigenvalue weighted by Gasteiger charge is -2.36. The normalized spacial score (nSPS) is 17.9. The molecular formula is C23H26F3N3O. The van der Waals surface area contributed by atoms with Gasteiger partial charge in [0.05, 0.1) is 5.56 Å². The molecule has 4 nitrogen and oxygen atoms in total. The van der Waals surface area contributed by atoms with Crippen molar-refractivity contribution in [3.05, 3.63) is 59.7 Å². The van der Waals surface area contributed by atoms with E-state index in [4.69, 9.17) is 0 Å². The van der Waals surface area contributed by atoms with Gasteiger partial charge in [-0.25, -0.2) is 0 Å². The second-order valence-corrected chi connectivity index (χ2v) is 7.92. The van der Waals surface area contributed by atoms with Crippen LogP contribution in [-0.2, 0) is 6.18 Å². The molecule has 2 aliphatic heterocycles. The van der Waals surface area contributed by atoms with Gasteiger partial charge in [0.15, 0.2) is 0 Å². The highest BCUT2D eigenvalue weighted by Crippen LogP contribution is 2.32. The molecule has 0 aromatic heterocycles. The third-order valence-corrected chi connectivity index (χ3v) is 5.94. The summed E-state index contributed by atoms with van der Waals surface area (Å²) >= 11 is 0. The smallest absolute Gasteiger partial charge is 0.372 e. The van der Waals surface area contributed by atoms with E-state index in [2.05, 4.69) is 4.90 Å². The van der Waals surface area contributed by atoms with E-state index < -0.39 is 11.7 Å². The summed E-state index contributed by atoms with van der Waals surface area (Å²) in [5.41, 5.74) is 1.71. The summed E-state index contributed by atoms with van der Waals surface area (Å²) in [5, 5.41) is 0. The topological polar surface area (TPSA) is 26.8 Å². The fraction of sp³-hybridized carbons (Fsp3) is 0.435. The third-order valence-electron chi connectivity index (χ3n) is 5.94. The van der Waals surface area contributed by atoms with Gasteiger partial charge in [0.25, 0.3) is 5.91 Å². The van der Waals surface area contributed by atoms with E-state index in [1.54, 1.807) is 11.0 Å². The molecule has 0 atom stereocenters. The summed E-state index contributed by atoms with van der Waals surface area (Å²) in [6, 6.07) is 13.2. The van der Waals surface area contributed by atoms with Crippen molar-refractivity contribution >= 4 is 17.3 Å². The molecule has 2 saturated heterocycles. The lowest BCUT2D eigenvalue weighted by molar-refractivity contribution is -0.137. The first-order valence-electron chi connectivity index (χ1n) is 10.5. The van der Waals surface area contributed by atoms with Crippen molar-refractivity contribution in [2.75, 3.05) is 49.1 Å². The van der Waals surface area contributed by atoms with Gasteiger partial charge in [0.1, 0.15) is 0 Å². The van der Waals surface area contributed by atoms with Gasteiger partial charge in [-0.3, -0.25) is 4.79 Å². The molecule has 160 valence electrons. The summed E-state index contributed by atoms with van der Waals surface area (Å²) in [6.45, 7) is 4.12. The second-order valence-electron chi connectivity index (χ2n) is 7.92. The van der Waals surface area contributed by atoms with Crippen LogP contribution in [0.15, 0.2) is 48.5 Å². The van der Waals surface area contributed by atoms with Crippen LogP contribution in [-0.4, -0.2) is 50.1 Å². The number of amides is 1. The van der Waals surface area contributed by atoms with Crippen LogP contribution >= 0.6 is 0 Å². The number of piperidine rings is 1. The largest absolute Gasteiger partial charge is 0.416 e. The van der Waals surface area contributed by atoms with E-state index in [9.17, 15) is 18.0 Å². The number of hydrogen-bond acceptors (Lipinski definition) is 3. The molecule has 4 rings (SSSR count). The molecule has 0 unspecified atom stereocenters. The van der Waals surface area contributed by atoms with Crippen LogP contribution in [0.5, 0.6) is 0 Å². The third kappa shape index (κ3) is 4.55. The zero-order valence-corrected chi connectivity index (χ0v) is 16.9. The molecule has 0 spiro atoms. The van der Waals surface area contributed by atoms with Crippen molar-refractivity contribution < 1.29 is 18.0 Å². The van der Waals surface area contributed by atoms with Gasteiger partial charge in [-0.1, -0.05) is 6.07 Å². The highest BCUT2D eigenvalue weighted by molar-refractivity contribution is 5.94. The molecule has 2 heterocycles. The van der Waals surface area contributed by atoms with E-state index >= 15 is 0 Å². The molecule has 2 aromatic rings. The Balaban J connectivity index is 1.36. The van der Waals surface area contributed by atoms with Gasteiger partial charge in [-0.15, -0.1) is 0 Å². The Morgan fingerprint density at radius 1 is 0.733 bits per heavy atom. The van der Waals surface area contributed by atoms with Crippen molar-refractivity contribution in [3.8, 4) is 0 Å². The summed E-state index contributed by atoms with van der Waals surface area (Å²) in [7, 11) is 0. The summed E-state index contributed by atoms with van der Waals surface area (Å²) in [5.74, 6) is -0.0242. The van der Waals surface area contributed by atoms with Gasteiger partial charge >= 0.3 is 6.18 Å². The lowest BCUT2D eigenvalue weighted by atomic mass is 10.1. The predicted octanol–water partition coefficient (Wildman–Crippen LogP) is 4.66. The quantitative estimate of drug-likeness (QED) is 0.727. The first-order chi connectivity index (χ1) is 14.4. The minimum Gasteiger partial charge on any atom is -0.372 e. The van der Waals surface area contributed by atoms with E-state index in [1.165, 1.54) is 31.4 Å². The molecule has 30 heavy (non-hydrogen) atoms. The Kier molecular flexibility index (Phi) is 5.88. The standard InChI is InChI=1S/C23H26F3N3O/c24-23(25,26)19-5-4-6-21(17-19)28-13-15-29(16-14-28)22(30)18-7-9-20(10-8-18)27-11-2-1-3-12-27/h4-10,17H,1-3,11-16H2. The van der Waals surface area contributed by atoms with Gasteiger partial charge in [-0.2, -0.15) is 13.2 Å². The minimum atomic E-state index is -4.35. The van der Waals surface area contributed by atoms with Gasteiger partial charge in [0.2, 0.25) is 0 Å². The van der Waals surface area contributed by atoms with Crippen LogP contribution in [0.2, 0.25) is 0 Å². The molecule has 7 heteroatoms. The van der Waals surface area contributed by atoms with E-state index in [0.29, 0.717) is 37.4 Å². The molecule has 2 fully saturated rings. The number of carbonyl (C=O) groups excluding carboxylic acids is 1. The highest BCUT2D eigenvalue weighted by atomic mass is 19.4. The maximum atomic E-state index is 13.0. The van der Waals surface area contributed by atoms with Crippen molar-refractivity contribution in [1.82, 2.24) is 4.90 Å². The average molecular weight is 417 g/mol. The number of nitrogens with zero attached hydrogens (tertiary/aromatic N) is 3. The number of anilines is 2.